The number of amides is 2. The summed E-state index contributed by atoms with van der Waals surface area (Å²) in [6.07, 6.45) is -4.01. The van der Waals surface area contributed by atoms with Crippen LogP contribution < -0.4 is 15.4 Å². The molecule has 3 aromatic rings. The van der Waals surface area contributed by atoms with Crippen molar-refractivity contribution in [1.82, 2.24) is 10.3 Å². The fourth-order valence-electron chi connectivity index (χ4n) is 2.73. The van der Waals surface area contributed by atoms with Gasteiger partial charge in [-0.3, -0.25) is 9.59 Å². The molecule has 0 aliphatic rings. The standard InChI is InChI=1S/C22H20F3N3O3S/c1-2-31-18-9-7-16(8-10-18)27-20(30)19(29)26-12-11-17-13-32-21(28-17)14-3-5-15(6-4-14)22(23,24)25/h3-10,13H,2,11-12H2,1H3,(H,26,29)(H,27,30). The van der Waals surface area contributed by atoms with Gasteiger partial charge in [-0.05, 0) is 43.3 Å². The van der Waals surface area contributed by atoms with Crippen LogP contribution in [0.2, 0.25) is 0 Å². The molecule has 0 aliphatic heterocycles. The van der Waals surface area contributed by atoms with E-state index in [0.717, 1.165) is 12.1 Å². The predicted molar refractivity (Wildman–Crippen MR) is 116 cm³/mol. The molecule has 0 saturated carbocycles. The summed E-state index contributed by atoms with van der Waals surface area (Å²) in [7, 11) is 0. The summed E-state index contributed by atoms with van der Waals surface area (Å²) < 4.78 is 43.3. The highest BCUT2D eigenvalue weighted by atomic mass is 32.1. The number of rotatable bonds is 7. The van der Waals surface area contributed by atoms with Gasteiger partial charge in [-0.15, -0.1) is 11.3 Å². The molecule has 6 nitrogen and oxygen atoms in total. The van der Waals surface area contributed by atoms with E-state index in [0.29, 0.717) is 40.7 Å². The number of anilines is 1. The number of alkyl halides is 3. The Bertz CT molecular complexity index is 1060. The van der Waals surface area contributed by atoms with Crippen LogP contribution in [0.1, 0.15) is 18.2 Å². The number of hydrogen-bond acceptors (Lipinski definition) is 5. The first kappa shape index (κ1) is 23.3. The average Bonchev–Trinajstić information content (AvgIpc) is 3.23. The van der Waals surface area contributed by atoms with Crippen molar-refractivity contribution in [2.75, 3.05) is 18.5 Å². The normalized spacial score (nSPS) is 11.1. The van der Waals surface area contributed by atoms with Gasteiger partial charge in [0.2, 0.25) is 0 Å². The smallest absolute Gasteiger partial charge is 0.416 e. The van der Waals surface area contributed by atoms with Crippen molar-refractivity contribution < 1.29 is 27.5 Å². The van der Waals surface area contributed by atoms with Crippen LogP contribution in [0, 0.1) is 0 Å². The Morgan fingerprint density at radius 2 is 1.72 bits per heavy atom. The molecule has 2 N–H and O–H groups in total. The Labute approximate surface area is 186 Å². The minimum absolute atomic E-state index is 0.186. The number of thiazole rings is 1. The Hall–Kier alpha value is -3.40. The lowest BCUT2D eigenvalue weighted by Crippen LogP contribution is -2.36. The lowest BCUT2D eigenvalue weighted by Gasteiger charge is -2.07. The van der Waals surface area contributed by atoms with E-state index in [1.165, 1.54) is 23.5 Å². The van der Waals surface area contributed by atoms with Gasteiger partial charge in [0.1, 0.15) is 10.8 Å². The van der Waals surface area contributed by atoms with Gasteiger partial charge in [0.25, 0.3) is 0 Å². The number of nitrogens with zero attached hydrogens (tertiary/aromatic N) is 1. The summed E-state index contributed by atoms with van der Waals surface area (Å²) >= 11 is 1.29. The summed E-state index contributed by atoms with van der Waals surface area (Å²) in [6.45, 7) is 2.58. The molecule has 0 aliphatic carbocycles. The second-order valence-electron chi connectivity index (χ2n) is 6.64. The maximum absolute atomic E-state index is 12.7. The molecule has 0 bridgehead atoms. The monoisotopic (exact) mass is 463 g/mol. The molecule has 0 atom stereocenters. The molecule has 1 aromatic heterocycles. The van der Waals surface area contributed by atoms with Gasteiger partial charge in [-0.1, -0.05) is 12.1 Å². The quantitative estimate of drug-likeness (QED) is 0.505. The van der Waals surface area contributed by atoms with Gasteiger partial charge in [0.15, 0.2) is 0 Å². The van der Waals surface area contributed by atoms with E-state index in [-0.39, 0.29) is 6.54 Å². The van der Waals surface area contributed by atoms with Gasteiger partial charge in [0.05, 0.1) is 17.9 Å². The van der Waals surface area contributed by atoms with E-state index in [9.17, 15) is 22.8 Å². The maximum Gasteiger partial charge on any atom is 0.416 e. The number of halogens is 3. The van der Waals surface area contributed by atoms with Gasteiger partial charge in [-0.2, -0.15) is 13.2 Å². The number of hydrogen-bond donors (Lipinski definition) is 2. The summed E-state index contributed by atoms with van der Waals surface area (Å²) in [5.74, 6) is -0.913. The van der Waals surface area contributed by atoms with Crippen LogP contribution in [-0.4, -0.2) is 29.9 Å². The Balaban J connectivity index is 1.47. The molecule has 1 heterocycles. The van der Waals surface area contributed by atoms with Crippen molar-refractivity contribution >= 4 is 28.8 Å². The molecule has 0 unspecified atom stereocenters. The number of ether oxygens (including phenoxy) is 1. The van der Waals surface area contributed by atoms with Crippen molar-refractivity contribution in [2.24, 2.45) is 0 Å². The zero-order chi connectivity index (χ0) is 23.1. The van der Waals surface area contributed by atoms with Crippen LogP contribution in [0.4, 0.5) is 18.9 Å². The number of carbonyl (C=O) groups excluding carboxylic acids is 2. The van der Waals surface area contributed by atoms with Crippen LogP contribution in [0.3, 0.4) is 0 Å². The molecule has 2 amide bonds. The first-order chi connectivity index (χ1) is 15.3. The largest absolute Gasteiger partial charge is 0.494 e. The van der Waals surface area contributed by atoms with E-state index < -0.39 is 23.6 Å². The van der Waals surface area contributed by atoms with E-state index in [2.05, 4.69) is 15.6 Å². The first-order valence-corrected chi connectivity index (χ1v) is 10.6. The third-order valence-corrected chi connectivity index (χ3v) is 5.25. The summed E-state index contributed by atoms with van der Waals surface area (Å²) in [6, 6.07) is 11.4. The summed E-state index contributed by atoms with van der Waals surface area (Å²) in [4.78, 5) is 28.4. The number of nitrogens with one attached hydrogen (secondary N) is 2. The molecule has 0 fully saturated rings. The fourth-order valence-corrected chi connectivity index (χ4v) is 3.59. The molecule has 0 saturated heterocycles. The van der Waals surface area contributed by atoms with Crippen molar-refractivity contribution in [3.05, 3.63) is 65.2 Å². The molecule has 168 valence electrons. The summed E-state index contributed by atoms with van der Waals surface area (Å²) in [5.41, 5.74) is 0.990. The molecule has 3 rings (SSSR count). The van der Waals surface area contributed by atoms with E-state index in [4.69, 9.17) is 4.74 Å². The zero-order valence-electron chi connectivity index (χ0n) is 17.0. The van der Waals surface area contributed by atoms with Crippen LogP contribution in [0.5, 0.6) is 5.75 Å². The minimum Gasteiger partial charge on any atom is -0.494 e. The second kappa shape index (κ2) is 10.3. The van der Waals surface area contributed by atoms with Gasteiger partial charge < -0.3 is 15.4 Å². The SMILES string of the molecule is CCOc1ccc(NC(=O)C(=O)NCCc2csc(-c3ccc(C(F)(F)F)cc3)n2)cc1. The number of aromatic nitrogens is 1. The first-order valence-electron chi connectivity index (χ1n) is 9.70. The highest BCUT2D eigenvalue weighted by molar-refractivity contribution is 7.13. The molecular formula is C22H20F3N3O3S. The maximum atomic E-state index is 12.7. The third-order valence-electron chi connectivity index (χ3n) is 4.31. The van der Waals surface area contributed by atoms with Gasteiger partial charge >= 0.3 is 18.0 Å². The molecule has 0 spiro atoms. The Morgan fingerprint density at radius 1 is 1.03 bits per heavy atom. The predicted octanol–water partition coefficient (Wildman–Crippen LogP) is 4.53. The highest BCUT2D eigenvalue weighted by Crippen LogP contribution is 2.31. The molecule has 2 aromatic carbocycles. The number of carbonyl (C=O) groups is 2. The van der Waals surface area contributed by atoms with Crippen molar-refractivity contribution in [2.45, 2.75) is 19.5 Å². The topological polar surface area (TPSA) is 80.3 Å². The third kappa shape index (κ3) is 6.30. The average molecular weight is 463 g/mol. The van der Waals surface area contributed by atoms with Crippen LogP contribution in [0.15, 0.2) is 53.9 Å². The Kier molecular flexibility index (Phi) is 7.47. The van der Waals surface area contributed by atoms with Crippen molar-refractivity contribution in [3.63, 3.8) is 0 Å². The summed E-state index contributed by atoms with van der Waals surface area (Å²) in [5, 5.41) is 7.36. The molecule has 32 heavy (non-hydrogen) atoms. The molecular weight excluding hydrogens is 443 g/mol. The van der Waals surface area contributed by atoms with E-state index in [1.54, 1.807) is 29.6 Å². The second-order valence-corrected chi connectivity index (χ2v) is 7.49. The van der Waals surface area contributed by atoms with Crippen LogP contribution >= 0.6 is 11.3 Å². The van der Waals surface area contributed by atoms with Gasteiger partial charge in [0, 0.05) is 29.6 Å². The van der Waals surface area contributed by atoms with Gasteiger partial charge in [-0.25, -0.2) is 4.98 Å². The zero-order valence-corrected chi connectivity index (χ0v) is 17.8. The number of benzene rings is 2. The molecule has 0 radical (unpaired) electrons. The van der Waals surface area contributed by atoms with E-state index >= 15 is 0 Å². The van der Waals surface area contributed by atoms with E-state index in [1.807, 2.05) is 6.92 Å². The van der Waals surface area contributed by atoms with Crippen molar-refractivity contribution in [3.8, 4) is 16.3 Å². The highest BCUT2D eigenvalue weighted by Gasteiger charge is 2.30. The lowest BCUT2D eigenvalue weighted by atomic mass is 10.1. The minimum atomic E-state index is -4.38. The van der Waals surface area contributed by atoms with Crippen molar-refractivity contribution in [1.29, 1.82) is 0 Å². The lowest BCUT2D eigenvalue weighted by molar-refractivity contribution is -0.137. The molecule has 10 heteroatoms. The van der Waals surface area contributed by atoms with Crippen LogP contribution in [0.25, 0.3) is 10.6 Å². The fraction of sp³-hybridized carbons (Fsp3) is 0.227. The Morgan fingerprint density at radius 3 is 2.34 bits per heavy atom. The van der Waals surface area contributed by atoms with Crippen LogP contribution in [-0.2, 0) is 22.2 Å².